The number of hydrogen-bond donors (Lipinski definition) is 4. The maximum Gasteiger partial charge on any atom is 0.261 e. The fourth-order valence-electron chi connectivity index (χ4n) is 4.15. The van der Waals surface area contributed by atoms with Gasteiger partial charge in [-0.3, -0.25) is 14.5 Å². The Kier molecular flexibility index (Phi) is 6.84. The first kappa shape index (κ1) is 22.5. The molecular weight excluding hydrogens is 452 g/mol. The predicted octanol–water partition coefficient (Wildman–Crippen LogP) is 0.961. The van der Waals surface area contributed by atoms with Crippen LogP contribution in [-0.2, 0) is 6.54 Å². The van der Waals surface area contributed by atoms with E-state index in [1.807, 2.05) is 24.3 Å². The third-order valence-corrected chi connectivity index (χ3v) is 7.10. The fraction of sp³-hybridized carbons (Fsp3) is 0.391. The monoisotopic (exact) mass is 480 g/mol. The number of pyridine rings is 1. The summed E-state index contributed by atoms with van der Waals surface area (Å²) in [7, 11) is 0. The van der Waals surface area contributed by atoms with E-state index in [-0.39, 0.29) is 11.5 Å². The third kappa shape index (κ3) is 5.11. The van der Waals surface area contributed by atoms with Gasteiger partial charge in [-0.2, -0.15) is 0 Å². The molecular formula is C23H28N8O2S. The number of amides is 1. The third-order valence-electron chi connectivity index (χ3n) is 5.99. The van der Waals surface area contributed by atoms with Crippen LogP contribution in [-0.4, -0.2) is 78.1 Å². The van der Waals surface area contributed by atoms with Crippen LogP contribution in [0.1, 0.15) is 15.2 Å². The number of aromatic nitrogens is 3. The predicted molar refractivity (Wildman–Crippen MR) is 134 cm³/mol. The fourth-order valence-corrected chi connectivity index (χ4v) is 5.02. The first-order valence-electron chi connectivity index (χ1n) is 11.5. The van der Waals surface area contributed by atoms with Gasteiger partial charge in [-0.05, 0) is 18.2 Å². The molecule has 5 heterocycles. The van der Waals surface area contributed by atoms with Gasteiger partial charge in [0.2, 0.25) is 0 Å². The normalized spacial score (nSPS) is 16.1. The highest BCUT2D eigenvalue weighted by Gasteiger charge is 2.22. The molecule has 2 aliphatic rings. The Balaban J connectivity index is 1.27. The smallest absolute Gasteiger partial charge is 0.261 e. The van der Waals surface area contributed by atoms with Gasteiger partial charge in [0.15, 0.2) is 11.6 Å². The van der Waals surface area contributed by atoms with Gasteiger partial charge in [0.1, 0.15) is 5.69 Å². The van der Waals surface area contributed by atoms with Crippen LogP contribution < -0.4 is 26.4 Å². The van der Waals surface area contributed by atoms with Gasteiger partial charge in [0.25, 0.3) is 11.5 Å². The highest BCUT2D eigenvalue weighted by molar-refractivity contribution is 7.17. The quantitative estimate of drug-likeness (QED) is 0.395. The summed E-state index contributed by atoms with van der Waals surface area (Å²) in [6.45, 7) is 7.40. The number of anilines is 2. The Morgan fingerprint density at radius 1 is 1.15 bits per heavy atom. The van der Waals surface area contributed by atoms with E-state index in [9.17, 15) is 9.59 Å². The van der Waals surface area contributed by atoms with E-state index in [1.165, 1.54) is 11.3 Å². The molecule has 2 aliphatic heterocycles. The Labute approximate surface area is 201 Å². The van der Waals surface area contributed by atoms with Gasteiger partial charge < -0.3 is 25.8 Å². The lowest BCUT2D eigenvalue weighted by Crippen LogP contribution is -2.46. The topological polar surface area (TPSA) is 118 Å². The average Bonchev–Trinajstić information content (AvgIpc) is 3.37. The largest absolute Gasteiger partial charge is 0.365 e. The number of H-pyrrole nitrogens is 1. The molecule has 178 valence electrons. The van der Waals surface area contributed by atoms with E-state index in [2.05, 4.69) is 35.7 Å². The summed E-state index contributed by atoms with van der Waals surface area (Å²) in [4.78, 5) is 42.8. The van der Waals surface area contributed by atoms with E-state index < -0.39 is 0 Å². The van der Waals surface area contributed by atoms with Gasteiger partial charge in [-0.25, -0.2) is 9.97 Å². The Bertz CT molecular complexity index is 1200. The molecule has 0 aliphatic carbocycles. The van der Waals surface area contributed by atoms with Crippen LogP contribution in [0.25, 0.3) is 10.6 Å². The van der Waals surface area contributed by atoms with E-state index in [0.717, 1.165) is 44.1 Å². The first-order valence-corrected chi connectivity index (χ1v) is 12.3. The van der Waals surface area contributed by atoms with Gasteiger partial charge in [-0.1, -0.05) is 6.07 Å². The van der Waals surface area contributed by atoms with Crippen LogP contribution in [0.4, 0.5) is 11.6 Å². The highest BCUT2D eigenvalue weighted by Crippen LogP contribution is 2.32. The van der Waals surface area contributed by atoms with Gasteiger partial charge >= 0.3 is 0 Å². The van der Waals surface area contributed by atoms with Crippen LogP contribution in [0.15, 0.2) is 41.5 Å². The van der Waals surface area contributed by atoms with Crippen LogP contribution in [0.3, 0.4) is 0 Å². The lowest BCUT2D eigenvalue weighted by Gasteiger charge is -2.30. The van der Waals surface area contributed by atoms with Crippen molar-refractivity contribution in [1.29, 1.82) is 0 Å². The molecule has 1 amide bonds. The van der Waals surface area contributed by atoms with Crippen LogP contribution in [0.5, 0.6) is 0 Å². The van der Waals surface area contributed by atoms with Crippen molar-refractivity contribution >= 4 is 28.9 Å². The number of nitrogens with zero attached hydrogens (tertiary/aromatic N) is 4. The summed E-state index contributed by atoms with van der Waals surface area (Å²) in [5, 5.41) is 9.63. The van der Waals surface area contributed by atoms with Crippen LogP contribution in [0, 0.1) is 0 Å². The lowest BCUT2D eigenvalue weighted by molar-refractivity contribution is 0.0951. The summed E-state index contributed by atoms with van der Waals surface area (Å²) in [6, 6.07) is 7.39. The zero-order chi connectivity index (χ0) is 23.3. The minimum Gasteiger partial charge on any atom is -0.365 e. The number of carbonyl (C=O) groups is 1. The minimum atomic E-state index is -0.0995. The number of hydrogen-bond acceptors (Lipinski definition) is 9. The second kappa shape index (κ2) is 10.3. The Hall–Kier alpha value is -3.28. The number of thiophene rings is 1. The number of carbonyl (C=O) groups excluding carboxylic acids is 1. The van der Waals surface area contributed by atoms with E-state index in [4.69, 9.17) is 4.98 Å². The second-order valence-electron chi connectivity index (χ2n) is 8.31. The Morgan fingerprint density at radius 3 is 2.88 bits per heavy atom. The molecule has 34 heavy (non-hydrogen) atoms. The minimum absolute atomic E-state index is 0.0658. The first-order chi connectivity index (χ1) is 16.7. The molecule has 0 saturated carbocycles. The van der Waals surface area contributed by atoms with Crippen molar-refractivity contribution in [3.63, 3.8) is 0 Å². The number of rotatable bonds is 7. The van der Waals surface area contributed by atoms with Gasteiger partial charge in [0, 0.05) is 70.7 Å². The van der Waals surface area contributed by atoms with Crippen molar-refractivity contribution < 1.29 is 4.79 Å². The second-order valence-corrected chi connectivity index (χ2v) is 9.40. The van der Waals surface area contributed by atoms with Gasteiger partial charge in [-0.15, -0.1) is 11.3 Å². The maximum absolute atomic E-state index is 12.6. The summed E-state index contributed by atoms with van der Waals surface area (Å²) in [5.41, 5.74) is 1.29. The van der Waals surface area contributed by atoms with Crippen molar-refractivity contribution in [1.82, 2.24) is 30.5 Å². The summed E-state index contributed by atoms with van der Waals surface area (Å²) >= 11 is 1.41. The summed E-state index contributed by atoms with van der Waals surface area (Å²) in [6.07, 6.45) is 3.35. The summed E-state index contributed by atoms with van der Waals surface area (Å²) in [5.74, 6) is 1.34. The molecule has 11 heteroatoms. The molecule has 0 aromatic carbocycles. The average molecular weight is 481 g/mol. The van der Waals surface area contributed by atoms with Crippen molar-refractivity contribution in [3.05, 3.63) is 57.5 Å². The van der Waals surface area contributed by atoms with E-state index >= 15 is 0 Å². The van der Waals surface area contributed by atoms with E-state index in [1.54, 1.807) is 12.4 Å². The molecule has 1 fully saturated rings. The number of piperazine rings is 1. The lowest BCUT2D eigenvalue weighted by atomic mass is 10.2. The molecule has 10 nitrogen and oxygen atoms in total. The maximum atomic E-state index is 12.6. The Morgan fingerprint density at radius 2 is 2.03 bits per heavy atom. The number of nitrogens with one attached hydrogen (secondary N) is 4. The molecule has 4 N–H and O–H groups in total. The molecule has 0 atom stereocenters. The number of fused-ring (bicyclic) bond motifs is 1. The highest BCUT2D eigenvalue weighted by atomic mass is 32.1. The summed E-state index contributed by atoms with van der Waals surface area (Å²) < 4.78 is 0. The number of aromatic amines is 1. The standard InChI is InChI=1S/C23H28N8O2S/c32-22-16(2-1-5-26-22)15-31-13-9-25-20-21(31)29-17(14-28-20)18-3-4-19(34-18)23(33)27-8-12-30-10-6-24-7-11-30/h1-5,14,24H,6-13,15H2,(H,25,28)(H,26,32)(H,27,33). The molecule has 3 aromatic heterocycles. The molecule has 5 rings (SSSR count). The van der Waals surface area contributed by atoms with Crippen molar-refractivity contribution in [2.75, 3.05) is 62.6 Å². The molecule has 0 radical (unpaired) electrons. The zero-order valence-corrected chi connectivity index (χ0v) is 19.7. The van der Waals surface area contributed by atoms with Crippen molar-refractivity contribution in [2.45, 2.75) is 6.54 Å². The molecule has 1 saturated heterocycles. The van der Waals surface area contributed by atoms with Crippen molar-refractivity contribution in [3.8, 4) is 10.6 Å². The van der Waals surface area contributed by atoms with Crippen molar-refractivity contribution in [2.24, 2.45) is 0 Å². The van der Waals surface area contributed by atoms with Crippen LogP contribution >= 0.6 is 11.3 Å². The molecule has 0 spiro atoms. The van der Waals surface area contributed by atoms with Crippen LogP contribution in [0.2, 0.25) is 0 Å². The molecule has 3 aromatic rings. The zero-order valence-electron chi connectivity index (χ0n) is 18.8. The molecule has 0 unspecified atom stereocenters. The van der Waals surface area contributed by atoms with Gasteiger partial charge in [0.05, 0.1) is 16.0 Å². The van der Waals surface area contributed by atoms with E-state index in [0.29, 0.717) is 47.4 Å². The SMILES string of the molecule is O=C(NCCN1CCNCC1)c1ccc(-c2cnc3c(n2)N(Cc2ccc[nH]c2=O)CCN3)s1. The molecule has 0 bridgehead atoms.